The molecule has 17 heavy (non-hydrogen) atoms. The van der Waals surface area contributed by atoms with Gasteiger partial charge in [-0.25, -0.2) is 0 Å². The van der Waals surface area contributed by atoms with E-state index in [4.69, 9.17) is 4.42 Å². The van der Waals surface area contributed by atoms with Crippen LogP contribution in [0.1, 0.15) is 24.4 Å². The molecule has 0 aromatic carbocycles. The molecule has 4 nitrogen and oxygen atoms in total. The maximum Gasteiger partial charge on any atom is 0.227 e. The van der Waals surface area contributed by atoms with Crippen LogP contribution in [0.4, 0.5) is 0 Å². The average molecular weight is 236 g/mol. The van der Waals surface area contributed by atoms with Crippen molar-refractivity contribution in [3.63, 3.8) is 0 Å². The normalized spacial score (nSPS) is 20.2. The molecule has 1 aromatic heterocycles. The molecule has 0 saturated carbocycles. The monoisotopic (exact) mass is 236 g/mol. The molecule has 2 heterocycles. The second-order valence-corrected chi connectivity index (χ2v) is 4.75. The highest BCUT2D eigenvalue weighted by atomic mass is 16.3. The number of carbonyl (C=O) groups is 1. The van der Waals surface area contributed by atoms with Crippen molar-refractivity contribution in [1.29, 1.82) is 0 Å². The van der Waals surface area contributed by atoms with E-state index in [1.54, 1.807) is 4.90 Å². The van der Waals surface area contributed by atoms with E-state index >= 15 is 0 Å². The molecule has 1 aliphatic heterocycles. The molecular weight excluding hydrogens is 216 g/mol. The van der Waals surface area contributed by atoms with Crippen molar-refractivity contribution in [3.8, 4) is 0 Å². The minimum atomic E-state index is 0.129. The zero-order valence-corrected chi connectivity index (χ0v) is 10.5. The summed E-state index contributed by atoms with van der Waals surface area (Å²) in [5.41, 5.74) is 0. The Kier molecular flexibility index (Phi) is 3.84. The molecule has 4 heteroatoms. The maximum atomic E-state index is 12.2. The zero-order valence-electron chi connectivity index (χ0n) is 10.5. The fourth-order valence-corrected chi connectivity index (χ4v) is 2.26. The number of hydrogen-bond donors (Lipinski definition) is 1. The number of nitrogens with zero attached hydrogens (tertiary/aromatic N) is 1. The van der Waals surface area contributed by atoms with Crippen LogP contribution in [-0.4, -0.2) is 30.9 Å². The first-order valence-electron chi connectivity index (χ1n) is 6.18. The fraction of sp³-hybridized carbons (Fsp3) is 0.615. The van der Waals surface area contributed by atoms with Crippen molar-refractivity contribution < 1.29 is 9.21 Å². The SMILES string of the molecule is Cc1ccc(CN(C)C(=O)[C@@H]2CCCNC2)o1. The molecule has 0 spiro atoms. The molecule has 1 saturated heterocycles. The molecule has 94 valence electrons. The van der Waals surface area contributed by atoms with E-state index < -0.39 is 0 Å². The number of furan rings is 1. The van der Waals surface area contributed by atoms with Gasteiger partial charge in [-0.05, 0) is 38.4 Å². The van der Waals surface area contributed by atoms with E-state index in [0.29, 0.717) is 6.54 Å². The summed E-state index contributed by atoms with van der Waals surface area (Å²) in [6.45, 7) is 4.31. The lowest BCUT2D eigenvalue weighted by Crippen LogP contribution is -2.41. The molecule has 1 aromatic rings. The molecule has 0 radical (unpaired) electrons. The quantitative estimate of drug-likeness (QED) is 0.866. The van der Waals surface area contributed by atoms with Crippen molar-refractivity contribution in [1.82, 2.24) is 10.2 Å². The zero-order chi connectivity index (χ0) is 12.3. The van der Waals surface area contributed by atoms with Crippen molar-refractivity contribution in [2.45, 2.75) is 26.3 Å². The highest BCUT2D eigenvalue weighted by molar-refractivity contribution is 5.78. The highest BCUT2D eigenvalue weighted by Crippen LogP contribution is 2.15. The number of nitrogens with one attached hydrogen (secondary N) is 1. The van der Waals surface area contributed by atoms with Crippen LogP contribution < -0.4 is 5.32 Å². The number of hydrogen-bond acceptors (Lipinski definition) is 3. The third kappa shape index (κ3) is 3.09. The smallest absolute Gasteiger partial charge is 0.227 e. The second-order valence-electron chi connectivity index (χ2n) is 4.75. The Hall–Kier alpha value is -1.29. The average Bonchev–Trinajstić information content (AvgIpc) is 2.75. The number of amides is 1. The van der Waals surface area contributed by atoms with Crippen molar-refractivity contribution >= 4 is 5.91 Å². The van der Waals surface area contributed by atoms with E-state index in [1.165, 1.54) is 0 Å². The summed E-state index contributed by atoms with van der Waals surface area (Å²) in [4.78, 5) is 13.9. The Labute approximate surface area is 102 Å². The first-order chi connectivity index (χ1) is 8.16. The van der Waals surface area contributed by atoms with Crippen LogP contribution in [-0.2, 0) is 11.3 Å². The first-order valence-corrected chi connectivity index (χ1v) is 6.18. The van der Waals surface area contributed by atoms with Gasteiger partial charge in [0.05, 0.1) is 12.5 Å². The van der Waals surface area contributed by atoms with Crippen LogP contribution in [0.15, 0.2) is 16.5 Å². The third-order valence-electron chi connectivity index (χ3n) is 3.21. The molecule has 1 fully saturated rings. The number of aryl methyl sites for hydroxylation is 1. The molecule has 1 atom stereocenters. The summed E-state index contributed by atoms with van der Waals surface area (Å²) in [5, 5.41) is 3.27. The third-order valence-corrected chi connectivity index (χ3v) is 3.21. The molecule has 1 amide bonds. The molecule has 0 aliphatic carbocycles. The van der Waals surface area contributed by atoms with Crippen LogP contribution >= 0.6 is 0 Å². The van der Waals surface area contributed by atoms with Crippen LogP contribution in [0, 0.1) is 12.8 Å². The first kappa shape index (κ1) is 12.2. The predicted molar refractivity (Wildman–Crippen MR) is 65.5 cm³/mol. The van der Waals surface area contributed by atoms with Gasteiger partial charge in [0.25, 0.3) is 0 Å². The summed E-state index contributed by atoms with van der Waals surface area (Å²) in [5.74, 6) is 2.08. The minimum Gasteiger partial charge on any atom is -0.464 e. The largest absolute Gasteiger partial charge is 0.464 e. The van der Waals surface area contributed by atoms with Crippen molar-refractivity contribution in [3.05, 3.63) is 23.7 Å². The summed E-state index contributed by atoms with van der Waals surface area (Å²) >= 11 is 0. The van der Waals surface area contributed by atoms with E-state index in [9.17, 15) is 4.79 Å². The summed E-state index contributed by atoms with van der Waals surface area (Å²) < 4.78 is 5.48. The van der Waals surface area contributed by atoms with Gasteiger partial charge in [-0.2, -0.15) is 0 Å². The van der Waals surface area contributed by atoms with E-state index in [0.717, 1.165) is 37.5 Å². The predicted octanol–water partition coefficient (Wildman–Crippen LogP) is 1.55. The second kappa shape index (κ2) is 5.36. The van der Waals surface area contributed by atoms with E-state index in [2.05, 4.69) is 5.32 Å². The Bertz CT molecular complexity index is 381. The van der Waals surface area contributed by atoms with Gasteiger partial charge in [0, 0.05) is 13.6 Å². The molecule has 2 rings (SSSR count). The Morgan fingerprint density at radius 2 is 2.41 bits per heavy atom. The lowest BCUT2D eigenvalue weighted by atomic mass is 9.98. The molecular formula is C13H20N2O2. The Morgan fingerprint density at radius 3 is 3.00 bits per heavy atom. The Morgan fingerprint density at radius 1 is 1.59 bits per heavy atom. The van der Waals surface area contributed by atoms with Gasteiger partial charge in [0.15, 0.2) is 0 Å². The fourth-order valence-electron chi connectivity index (χ4n) is 2.26. The van der Waals surface area contributed by atoms with Gasteiger partial charge in [-0.3, -0.25) is 4.79 Å². The van der Waals surface area contributed by atoms with Gasteiger partial charge < -0.3 is 14.6 Å². The molecule has 1 N–H and O–H groups in total. The van der Waals surface area contributed by atoms with Gasteiger partial charge in [0.1, 0.15) is 11.5 Å². The van der Waals surface area contributed by atoms with Crippen LogP contribution in [0.3, 0.4) is 0 Å². The van der Waals surface area contributed by atoms with Gasteiger partial charge in [0.2, 0.25) is 5.91 Å². The van der Waals surface area contributed by atoms with Gasteiger partial charge in [-0.1, -0.05) is 0 Å². The topological polar surface area (TPSA) is 45.5 Å². The standard InChI is InChI=1S/C13H20N2O2/c1-10-5-6-12(17-10)9-15(2)13(16)11-4-3-7-14-8-11/h5-6,11,14H,3-4,7-9H2,1-2H3/t11-/m1/s1. The Balaban J connectivity index is 1.90. The van der Waals surface area contributed by atoms with E-state index in [-0.39, 0.29) is 11.8 Å². The van der Waals surface area contributed by atoms with Crippen molar-refractivity contribution in [2.24, 2.45) is 5.92 Å². The molecule has 1 aliphatic rings. The van der Waals surface area contributed by atoms with Crippen molar-refractivity contribution in [2.75, 3.05) is 20.1 Å². The summed E-state index contributed by atoms with van der Waals surface area (Å²) in [7, 11) is 1.84. The highest BCUT2D eigenvalue weighted by Gasteiger charge is 2.24. The number of carbonyl (C=O) groups excluding carboxylic acids is 1. The van der Waals surface area contributed by atoms with Crippen LogP contribution in [0.2, 0.25) is 0 Å². The van der Waals surface area contributed by atoms with Crippen LogP contribution in [0.25, 0.3) is 0 Å². The van der Waals surface area contributed by atoms with Gasteiger partial charge >= 0.3 is 0 Å². The molecule has 0 unspecified atom stereocenters. The van der Waals surface area contributed by atoms with Crippen LogP contribution in [0.5, 0.6) is 0 Å². The lowest BCUT2D eigenvalue weighted by Gasteiger charge is -2.26. The molecule has 0 bridgehead atoms. The minimum absolute atomic E-state index is 0.129. The number of rotatable bonds is 3. The maximum absolute atomic E-state index is 12.2. The summed E-state index contributed by atoms with van der Waals surface area (Å²) in [6.07, 6.45) is 2.08. The lowest BCUT2D eigenvalue weighted by molar-refractivity contribution is -0.135. The van der Waals surface area contributed by atoms with Gasteiger partial charge in [-0.15, -0.1) is 0 Å². The number of piperidine rings is 1. The van der Waals surface area contributed by atoms with E-state index in [1.807, 2.05) is 26.1 Å². The summed E-state index contributed by atoms with van der Waals surface area (Å²) in [6, 6.07) is 3.86.